The molecule has 4 rings (SSSR count). The molecule has 1 saturated carbocycles. The van der Waals surface area contributed by atoms with Crippen LogP contribution in [-0.2, 0) is 17.6 Å². The van der Waals surface area contributed by atoms with Gasteiger partial charge >= 0.3 is 0 Å². The van der Waals surface area contributed by atoms with Gasteiger partial charge in [-0.2, -0.15) is 0 Å². The maximum Gasteiger partial charge on any atom is 0.228 e. The maximum atomic E-state index is 13.2. The Balaban J connectivity index is 1.29. The zero-order chi connectivity index (χ0) is 21.5. The van der Waals surface area contributed by atoms with E-state index in [1.54, 1.807) is 6.20 Å². The number of rotatable bonds is 8. The van der Waals surface area contributed by atoms with Gasteiger partial charge in [-0.25, -0.2) is 0 Å². The first-order valence-corrected chi connectivity index (χ1v) is 12.2. The van der Waals surface area contributed by atoms with E-state index >= 15 is 0 Å². The zero-order valence-corrected chi connectivity index (χ0v) is 19.0. The number of pyridine rings is 1. The van der Waals surface area contributed by atoms with Gasteiger partial charge < -0.3 is 9.80 Å². The van der Waals surface area contributed by atoms with Gasteiger partial charge in [-0.3, -0.25) is 9.78 Å². The number of benzene rings is 1. The Hall–Kier alpha value is -2.20. The molecule has 1 saturated heterocycles. The highest BCUT2D eigenvalue weighted by Crippen LogP contribution is 2.27. The fourth-order valence-electron chi connectivity index (χ4n) is 5.27. The van der Waals surface area contributed by atoms with Crippen LogP contribution in [0, 0.1) is 12.8 Å². The van der Waals surface area contributed by atoms with E-state index in [0.717, 1.165) is 38.3 Å². The summed E-state index contributed by atoms with van der Waals surface area (Å²) in [6.45, 7) is 6.60. The van der Waals surface area contributed by atoms with Crippen molar-refractivity contribution in [2.75, 3.05) is 26.2 Å². The summed E-state index contributed by atoms with van der Waals surface area (Å²) < 4.78 is 0. The van der Waals surface area contributed by atoms with E-state index in [2.05, 4.69) is 46.0 Å². The van der Waals surface area contributed by atoms with Crippen molar-refractivity contribution in [1.82, 2.24) is 14.8 Å². The minimum atomic E-state index is 0.271. The Morgan fingerprint density at radius 2 is 1.77 bits per heavy atom. The second kappa shape index (κ2) is 10.9. The first kappa shape index (κ1) is 22.0. The van der Waals surface area contributed by atoms with Crippen LogP contribution in [0.15, 0.2) is 48.7 Å². The van der Waals surface area contributed by atoms with Crippen LogP contribution in [0.3, 0.4) is 0 Å². The minimum absolute atomic E-state index is 0.271. The van der Waals surface area contributed by atoms with Crippen molar-refractivity contribution >= 4 is 5.91 Å². The lowest BCUT2D eigenvalue weighted by Crippen LogP contribution is -2.45. The van der Waals surface area contributed by atoms with Gasteiger partial charge in [0.1, 0.15) is 0 Å². The molecular formula is C27H37N3O. The third-order valence-electron chi connectivity index (χ3n) is 7.26. The number of hydrogen-bond acceptors (Lipinski definition) is 3. The standard InChI is InChI=1S/C27H37N3O/c1-22-8-2-3-9-24(22)15-19-29-17-13-23(14-18-29)21-30(26-11-4-5-12-26)27(31)20-25-10-6-7-16-28-25/h2-3,6-10,16,23,26H,4-5,11-15,17-21H2,1H3. The summed E-state index contributed by atoms with van der Waals surface area (Å²) in [5.41, 5.74) is 3.76. The average Bonchev–Trinajstić information content (AvgIpc) is 3.33. The Kier molecular flexibility index (Phi) is 7.74. The summed E-state index contributed by atoms with van der Waals surface area (Å²) in [6, 6.07) is 15.0. The molecule has 2 aliphatic rings. The number of aromatic nitrogens is 1. The monoisotopic (exact) mass is 419 g/mol. The number of likely N-dealkylation sites (tertiary alicyclic amines) is 1. The van der Waals surface area contributed by atoms with Crippen LogP contribution in [0.5, 0.6) is 0 Å². The molecule has 4 nitrogen and oxygen atoms in total. The Bertz CT molecular complexity index is 823. The van der Waals surface area contributed by atoms with Gasteiger partial charge in [0.2, 0.25) is 5.91 Å². The highest BCUT2D eigenvalue weighted by molar-refractivity contribution is 5.78. The van der Waals surface area contributed by atoms with Crippen molar-refractivity contribution in [1.29, 1.82) is 0 Å². The average molecular weight is 420 g/mol. The van der Waals surface area contributed by atoms with Crippen LogP contribution in [0.2, 0.25) is 0 Å². The summed E-state index contributed by atoms with van der Waals surface area (Å²) in [6.07, 6.45) is 10.6. The quantitative estimate of drug-likeness (QED) is 0.624. The fourth-order valence-corrected chi connectivity index (χ4v) is 5.27. The van der Waals surface area contributed by atoms with Gasteiger partial charge in [0.05, 0.1) is 6.42 Å². The van der Waals surface area contributed by atoms with Gasteiger partial charge in [0, 0.05) is 31.0 Å². The number of piperidine rings is 1. The molecule has 2 fully saturated rings. The predicted octanol–water partition coefficient (Wildman–Crippen LogP) is 4.66. The second-order valence-corrected chi connectivity index (χ2v) is 9.44. The molecule has 2 aromatic rings. The number of carbonyl (C=O) groups excluding carboxylic acids is 1. The van der Waals surface area contributed by atoms with Crippen LogP contribution in [0.1, 0.15) is 55.3 Å². The van der Waals surface area contributed by atoms with E-state index in [0.29, 0.717) is 18.4 Å². The lowest BCUT2D eigenvalue weighted by Gasteiger charge is -2.37. The molecule has 1 amide bonds. The zero-order valence-electron chi connectivity index (χ0n) is 19.0. The van der Waals surface area contributed by atoms with Crippen molar-refractivity contribution in [3.8, 4) is 0 Å². The summed E-state index contributed by atoms with van der Waals surface area (Å²) in [7, 11) is 0. The molecule has 0 atom stereocenters. The number of nitrogens with zero attached hydrogens (tertiary/aromatic N) is 3. The first-order valence-electron chi connectivity index (χ1n) is 12.2. The molecular weight excluding hydrogens is 382 g/mol. The smallest absolute Gasteiger partial charge is 0.228 e. The molecule has 31 heavy (non-hydrogen) atoms. The van der Waals surface area contributed by atoms with Crippen LogP contribution in [0.4, 0.5) is 0 Å². The maximum absolute atomic E-state index is 13.2. The van der Waals surface area contributed by atoms with Gasteiger partial charge in [-0.05, 0) is 81.3 Å². The normalized spacial score (nSPS) is 18.4. The molecule has 1 aromatic carbocycles. The van der Waals surface area contributed by atoms with E-state index < -0.39 is 0 Å². The van der Waals surface area contributed by atoms with Gasteiger partial charge in [0.25, 0.3) is 0 Å². The molecule has 1 aliphatic carbocycles. The third-order valence-corrected chi connectivity index (χ3v) is 7.26. The van der Waals surface area contributed by atoms with E-state index in [-0.39, 0.29) is 5.91 Å². The Morgan fingerprint density at radius 3 is 2.48 bits per heavy atom. The van der Waals surface area contributed by atoms with Crippen molar-refractivity contribution in [3.63, 3.8) is 0 Å². The summed E-state index contributed by atoms with van der Waals surface area (Å²) in [4.78, 5) is 22.4. The van der Waals surface area contributed by atoms with Crippen LogP contribution < -0.4 is 0 Å². The van der Waals surface area contributed by atoms with E-state index in [1.807, 2.05) is 18.2 Å². The van der Waals surface area contributed by atoms with E-state index in [9.17, 15) is 4.79 Å². The molecule has 4 heteroatoms. The topological polar surface area (TPSA) is 36.4 Å². The number of amides is 1. The van der Waals surface area contributed by atoms with Gasteiger partial charge in [-0.15, -0.1) is 0 Å². The van der Waals surface area contributed by atoms with Crippen LogP contribution in [0.25, 0.3) is 0 Å². The predicted molar refractivity (Wildman–Crippen MR) is 126 cm³/mol. The van der Waals surface area contributed by atoms with E-state index in [4.69, 9.17) is 0 Å². The molecule has 1 aromatic heterocycles. The highest BCUT2D eigenvalue weighted by atomic mass is 16.2. The molecule has 166 valence electrons. The number of carbonyl (C=O) groups is 1. The van der Waals surface area contributed by atoms with Crippen LogP contribution in [-0.4, -0.2) is 52.9 Å². The Labute approximate surface area is 187 Å². The molecule has 0 bridgehead atoms. The number of hydrogen-bond donors (Lipinski definition) is 0. The molecule has 0 radical (unpaired) electrons. The largest absolute Gasteiger partial charge is 0.339 e. The Morgan fingerprint density at radius 1 is 1.03 bits per heavy atom. The highest BCUT2D eigenvalue weighted by Gasteiger charge is 2.30. The lowest BCUT2D eigenvalue weighted by atomic mass is 9.94. The van der Waals surface area contributed by atoms with Crippen molar-refractivity contribution in [2.24, 2.45) is 5.92 Å². The molecule has 2 heterocycles. The SMILES string of the molecule is Cc1ccccc1CCN1CCC(CN(C(=O)Cc2ccccn2)C2CCCC2)CC1. The van der Waals surface area contributed by atoms with Gasteiger partial charge in [0.15, 0.2) is 0 Å². The number of aryl methyl sites for hydroxylation is 1. The lowest BCUT2D eigenvalue weighted by molar-refractivity contribution is -0.133. The van der Waals surface area contributed by atoms with E-state index in [1.165, 1.54) is 49.7 Å². The second-order valence-electron chi connectivity index (χ2n) is 9.44. The summed E-state index contributed by atoms with van der Waals surface area (Å²) in [5.74, 6) is 0.899. The van der Waals surface area contributed by atoms with Crippen molar-refractivity contribution in [2.45, 2.75) is 64.3 Å². The molecule has 0 unspecified atom stereocenters. The minimum Gasteiger partial charge on any atom is -0.339 e. The third kappa shape index (κ3) is 6.16. The van der Waals surface area contributed by atoms with Gasteiger partial charge in [-0.1, -0.05) is 43.2 Å². The van der Waals surface area contributed by atoms with Crippen molar-refractivity contribution in [3.05, 3.63) is 65.5 Å². The molecule has 0 spiro atoms. The summed E-state index contributed by atoms with van der Waals surface area (Å²) in [5, 5.41) is 0. The fraction of sp³-hybridized carbons (Fsp3) is 0.556. The molecule has 1 aliphatic heterocycles. The first-order chi connectivity index (χ1) is 15.2. The van der Waals surface area contributed by atoms with Crippen molar-refractivity contribution < 1.29 is 4.79 Å². The molecule has 0 N–H and O–H groups in total. The van der Waals surface area contributed by atoms with Crippen LogP contribution >= 0.6 is 0 Å². The summed E-state index contributed by atoms with van der Waals surface area (Å²) >= 11 is 0.